The lowest BCUT2D eigenvalue weighted by Crippen LogP contribution is -2.31. The van der Waals surface area contributed by atoms with E-state index < -0.39 is 0 Å². The van der Waals surface area contributed by atoms with Crippen LogP contribution in [-0.4, -0.2) is 26.2 Å². The predicted molar refractivity (Wildman–Crippen MR) is 97.3 cm³/mol. The number of para-hydroxylation sites is 2. The number of nitrogens with one attached hydrogen (secondary N) is 2. The zero-order chi connectivity index (χ0) is 16.7. The summed E-state index contributed by atoms with van der Waals surface area (Å²) in [5.74, 6) is 0. The van der Waals surface area contributed by atoms with Crippen LogP contribution < -0.4 is 15.5 Å². The molecule has 0 aliphatic heterocycles. The van der Waals surface area contributed by atoms with Gasteiger partial charge in [-0.3, -0.25) is 0 Å². The van der Waals surface area contributed by atoms with Gasteiger partial charge in [-0.1, -0.05) is 42.0 Å². The Balaban J connectivity index is 1.86. The lowest BCUT2D eigenvalue weighted by atomic mass is 10.1. The number of nitrogens with zero attached hydrogens (tertiary/aromatic N) is 1. The minimum absolute atomic E-state index is 0.172. The Labute approximate surface area is 138 Å². The summed E-state index contributed by atoms with van der Waals surface area (Å²) < 4.78 is 0. The third-order valence-corrected chi connectivity index (χ3v) is 3.86. The van der Waals surface area contributed by atoms with E-state index in [0.29, 0.717) is 6.54 Å². The SMILES string of the molecule is CCN(C)c1ccccc1NC(=O)NCCc1ccc(C)cc1. The summed E-state index contributed by atoms with van der Waals surface area (Å²) in [7, 11) is 2.01. The van der Waals surface area contributed by atoms with Crippen molar-refractivity contribution in [3.8, 4) is 0 Å². The maximum atomic E-state index is 12.1. The quantitative estimate of drug-likeness (QED) is 0.852. The van der Waals surface area contributed by atoms with Gasteiger partial charge in [-0.05, 0) is 38.0 Å². The standard InChI is InChI=1S/C19H25N3O/c1-4-22(3)18-8-6-5-7-17(18)21-19(23)20-14-13-16-11-9-15(2)10-12-16/h5-12H,4,13-14H2,1-3H3,(H2,20,21,23). The summed E-state index contributed by atoms with van der Waals surface area (Å²) in [5, 5.41) is 5.84. The number of amides is 2. The molecule has 0 atom stereocenters. The number of rotatable bonds is 6. The van der Waals surface area contributed by atoms with E-state index in [2.05, 4.69) is 53.6 Å². The second-order valence-corrected chi connectivity index (χ2v) is 5.65. The fraction of sp³-hybridized carbons (Fsp3) is 0.316. The molecule has 0 radical (unpaired) electrons. The molecule has 0 aliphatic rings. The first kappa shape index (κ1) is 16.9. The lowest BCUT2D eigenvalue weighted by Gasteiger charge is -2.20. The zero-order valence-electron chi connectivity index (χ0n) is 14.1. The minimum Gasteiger partial charge on any atom is -0.373 e. The maximum absolute atomic E-state index is 12.1. The highest BCUT2D eigenvalue weighted by molar-refractivity contribution is 5.93. The predicted octanol–water partition coefficient (Wildman–Crippen LogP) is 3.82. The van der Waals surface area contributed by atoms with Crippen molar-refractivity contribution in [3.63, 3.8) is 0 Å². The molecule has 4 nitrogen and oxygen atoms in total. The number of urea groups is 1. The molecule has 2 aromatic carbocycles. The van der Waals surface area contributed by atoms with E-state index in [1.807, 2.05) is 31.3 Å². The molecule has 0 saturated carbocycles. The summed E-state index contributed by atoms with van der Waals surface area (Å²) in [6.45, 7) is 5.65. The van der Waals surface area contributed by atoms with E-state index in [4.69, 9.17) is 0 Å². The molecule has 0 spiro atoms. The van der Waals surface area contributed by atoms with Crippen molar-refractivity contribution in [1.29, 1.82) is 0 Å². The molecule has 2 N–H and O–H groups in total. The van der Waals surface area contributed by atoms with Gasteiger partial charge in [0.25, 0.3) is 0 Å². The first-order valence-corrected chi connectivity index (χ1v) is 8.00. The molecule has 0 heterocycles. The van der Waals surface area contributed by atoms with Gasteiger partial charge in [-0.15, -0.1) is 0 Å². The van der Waals surface area contributed by atoms with E-state index in [0.717, 1.165) is 24.3 Å². The van der Waals surface area contributed by atoms with E-state index in [-0.39, 0.29) is 6.03 Å². The fourth-order valence-corrected chi connectivity index (χ4v) is 2.32. The van der Waals surface area contributed by atoms with Crippen molar-refractivity contribution < 1.29 is 4.79 Å². The molecule has 2 aromatic rings. The molecule has 0 fully saturated rings. The van der Waals surface area contributed by atoms with E-state index in [9.17, 15) is 4.79 Å². The minimum atomic E-state index is -0.172. The lowest BCUT2D eigenvalue weighted by molar-refractivity contribution is 0.252. The van der Waals surface area contributed by atoms with Crippen LogP contribution in [-0.2, 0) is 6.42 Å². The molecule has 0 saturated heterocycles. The Kier molecular flexibility index (Phi) is 6.03. The Bertz CT molecular complexity index is 637. The van der Waals surface area contributed by atoms with Crippen molar-refractivity contribution in [2.45, 2.75) is 20.3 Å². The monoisotopic (exact) mass is 311 g/mol. The molecular weight excluding hydrogens is 286 g/mol. The van der Waals surface area contributed by atoms with Gasteiger partial charge in [0.05, 0.1) is 11.4 Å². The summed E-state index contributed by atoms with van der Waals surface area (Å²) in [4.78, 5) is 14.2. The molecule has 4 heteroatoms. The Morgan fingerprint density at radius 1 is 1.09 bits per heavy atom. The Morgan fingerprint density at radius 3 is 2.48 bits per heavy atom. The maximum Gasteiger partial charge on any atom is 0.319 e. The second-order valence-electron chi connectivity index (χ2n) is 5.65. The van der Waals surface area contributed by atoms with Crippen molar-refractivity contribution >= 4 is 17.4 Å². The van der Waals surface area contributed by atoms with Crippen LogP contribution in [0.5, 0.6) is 0 Å². The number of anilines is 2. The van der Waals surface area contributed by atoms with Crippen LogP contribution in [0.3, 0.4) is 0 Å². The number of benzene rings is 2. The highest BCUT2D eigenvalue weighted by atomic mass is 16.2. The highest BCUT2D eigenvalue weighted by Crippen LogP contribution is 2.24. The Morgan fingerprint density at radius 2 is 1.78 bits per heavy atom. The fourth-order valence-electron chi connectivity index (χ4n) is 2.32. The van der Waals surface area contributed by atoms with Gasteiger partial charge in [-0.2, -0.15) is 0 Å². The van der Waals surface area contributed by atoms with Crippen LogP contribution in [0.15, 0.2) is 48.5 Å². The summed E-state index contributed by atoms with van der Waals surface area (Å²) in [6, 6.07) is 16.0. The van der Waals surface area contributed by atoms with Crippen LogP contribution >= 0.6 is 0 Å². The summed E-state index contributed by atoms with van der Waals surface area (Å²) in [5.41, 5.74) is 4.31. The van der Waals surface area contributed by atoms with Crippen molar-refractivity contribution in [1.82, 2.24) is 5.32 Å². The molecule has 23 heavy (non-hydrogen) atoms. The smallest absolute Gasteiger partial charge is 0.319 e. The molecule has 0 bridgehead atoms. The van der Waals surface area contributed by atoms with Gasteiger partial charge in [0, 0.05) is 20.1 Å². The number of hydrogen-bond donors (Lipinski definition) is 2. The summed E-state index contributed by atoms with van der Waals surface area (Å²) >= 11 is 0. The molecule has 2 rings (SSSR count). The van der Waals surface area contributed by atoms with E-state index in [1.54, 1.807) is 0 Å². The summed E-state index contributed by atoms with van der Waals surface area (Å²) in [6.07, 6.45) is 0.824. The van der Waals surface area contributed by atoms with Gasteiger partial charge >= 0.3 is 6.03 Å². The van der Waals surface area contributed by atoms with Gasteiger partial charge in [-0.25, -0.2) is 4.79 Å². The average molecular weight is 311 g/mol. The normalized spacial score (nSPS) is 10.2. The highest BCUT2D eigenvalue weighted by Gasteiger charge is 2.08. The van der Waals surface area contributed by atoms with Gasteiger partial charge in [0.1, 0.15) is 0 Å². The van der Waals surface area contributed by atoms with E-state index >= 15 is 0 Å². The van der Waals surface area contributed by atoms with Gasteiger partial charge in [0.15, 0.2) is 0 Å². The molecule has 0 aromatic heterocycles. The third-order valence-electron chi connectivity index (χ3n) is 3.86. The molecular formula is C19H25N3O. The van der Waals surface area contributed by atoms with Crippen LogP contribution in [0, 0.1) is 6.92 Å². The van der Waals surface area contributed by atoms with Crippen LogP contribution in [0.2, 0.25) is 0 Å². The van der Waals surface area contributed by atoms with Crippen LogP contribution in [0.4, 0.5) is 16.2 Å². The zero-order valence-corrected chi connectivity index (χ0v) is 14.1. The van der Waals surface area contributed by atoms with Crippen molar-refractivity contribution in [2.75, 3.05) is 30.4 Å². The molecule has 0 unspecified atom stereocenters. The van der Waals surface area contributed by atoms with Crippen LogP contribution in [0.1, 0.15) is 18.1 Å². The first-order chi connectivity index (χ1) is 11.1. The number of carbonyl (C=O) groups excluding carboxylic acids is 1. The average Bonchev–Trinajstić information content (AvgIpc) is 2.56. The van der Waals surface area contributed by atoms with Gasteiger partial charge < -0.3 is 15.5 Å². The second kappa shape index (κ2) is 8.22. The number of aryl methyl sites for hydroxylation is 1. The Hall–Kier alpha value is -2.49. The third kappa shape index (κ3) is 5.02. The number of hydrogen-bond acceptors (Lipinski definition) is 2. The van der Waals surface area contributed by atoms with Crippen LogP contribution in [0.25, 0.3) is 0 Å². The van der Waals surface area contributed by atoms with E-state index in [1.165, 1.54) is 11.1 Å². The van der Waals surface area contributed by atoms with Crippen molar-refractivity contribution in [3.05, 3.63) is 59.7 Å². The van der Waals surface area contributed by atoms with Gasteiger partial charge in [0.2, 0.25) is 0 Å². The largest absolute Gasteiger partial charge is 0.373 e. The molecule has 122 valence electrons. The molecule has 2 amide bonds. The first-order valence-electron chi connectivity index (χ1n) is 8.00. The number of carbonyl (C=O) groups is 1. The van der Waals surface area contributed by atoms with Crippen molar-refractivity contribution in [2.24, 2.45) is 0 Å². The molecule has 0 aliphatic carbocycles. The topological polar surface area (TPSA) is 44.4 Å².